The van der Waals surface area contributed by atoms with Crippen molar-refractivity contribution in [3.63, 3.8) is 0 Å². The van der Waals surface area contributed by atoms with E-state index in [2.05, 4.69) is 19.2 Å². The third-order valence-corrected chi connectivity index (χ3v) is 4.43. The maximum atomic E-state index is 13.7. The number of nitrogens with one attached hydrogen (secondary N) is 1. The lowest BCUT2D eigenvalue weighted by molar-refractivity contribution is 0.268. The number of methoxy groups -OCH3 is 1. The van der Waals surface area contributed by atoms with Crippen LogP contribution in [0.2, 0.25) is 0 Å². The van der Waals surface area contributed by atoms with E-state index in [1.165, 1.54) is 32.8 Å². The molecule has 3 atom stereocenters. The van der Waals surface area contributed by atoms with E-state index in [1.807, 2.05) is 6.07 Å². The van der Waals surface area contributed by atoms with Gasteiger partial charge in [-0.05, 0) is 55.8 Å². The van der Waals surface area contributed by atoms with Gasteiger partial charge in [0, 0.05) is 6.04 Å². The van der Waals surface area contributed by atoms with Gasteiger partial charge >= 0.3 is 0 Å². The van der Waals surface area contributed by atoms with Gasteiger partial charge in [-0.15, -0.1) is 0 Å². The van der Waals surface area contributed by atoms with E-state index in [9.17, 15) is 4.39 Å². The third kappa shape index (κ3) is 3.95. The predicted molar refractivity (Wildman–Crippen MR) is 80.5 cm³/mol. The average molecular weight is 279 g/mol. The zero-order valence-electron chi connectivity index (χ0n) is 12.8. The molecule has 0 radical (unpaired) electrons. The average Bonchev–Trinajstić information content (AvgIpc) is 2.44. The minimum atomic E-state index is -0.287. The van der Waals surface area contributed by atoms with Crippen LogP contribution in [0.25, 0.3) is 0 Å². The molecule has 0 amide bonds. The Hall–Kier alpha value is -1.09. The molecule has 1 aliphatic rings. The Morgan fingerprint density at radius 2 is 2.20 bits per heavy atom. The van der Waals surface area contributed by atoms with E-state index >= 15 is 0 Å². The standard InChI is InChI=1S/C17H26FNO/c1-12-5-4-6-14(9-12)11-19-13(2)15-7-8-17(20-3)16(18)10-15/h7-8,10,12-14,19H,4-6,9,11H2,1-3H3. The molecule has 1 aromatic rings. The van der Waals surface area contributed by atoms with E-state index in [0.29, 0.717) is 5.75 Å². The van der Waals surface area contributed by atoms with E-state index < -0.39 is 0 Å². The Morgan fingerprint density at radius 1 is 1.40 bits per heavy atom. The van der Waals surface area contributed by atoms with Crippen molar-refractivity contribution in [2.24, 2.45) is 11.8 Å². The molecule has 3 unspecified atom stereocenters. The van der Waals surface area contributed by atoms with Crippen molar-refractivity contribution in [1.82, 2.24) is 5.32 Å². The molecule has 0 heterocycles. The fraction of sp³-hybridized carbons (Fsp3) is 0.647. The van der Waals surface area contributed by atoms with Gasteiger partial charge in [0.15, 0.2) is 11.6 Å². The summed E-state index contributed by atoms with van der Waals surface area (Å²) in [6.45, 7) is 5.46. The lowest BCUT2D eigenvalue weighted by Gasteiger charge is -2.28. The number of benzene rings is 1. The monoisotopic (exact) mass is 279 g/mol. The van der Waals surface area contributed by atoms with E-state index in [0.717, 1.165) is 23.9 Å². The molecular formula is C17H26FNO. The quantitative estimate of drug-likeness (QED) is 0.867. The van der Waals surface area contributed by atoms with Crippen LogP contribution in [0.5, 0.6) is 5.75 Å². The van der Waals surface area contributed by atoms with Crippen molar-refractivity contribution in [3.8, 4) is 5.75 Å². The van der Waals surface area contributed by atoms with Crippen molar-refractivity contribution >= 4 is 0 Å². The number of rotatable bonds is 5. The predicted octanol–water partition coefficient (Wildman–Crippen LogP) is 4.31. The summed E-state index contributed by atoms with van der Waals surface area (Å²) in [7, 11) is 1.49. The minimum Gasteiger partial charge on any atom is -0.494 e. The molecule has 2 rings (SSSR count). The second kappa shape index (κ2) is 7.07. The first kappa shape index (κ1) is 15.3. The highest BCUT2D eigenvalue weighted by Gasteiger charge is 2.19. The highest BCUT2D eigenvalue weighted by Crippen LogP contribution is 2.29. The number of hydrogen-bond donors (Lipinski definition) is 1. The van der Waals surface area contributed by atoms with Crippen LogP contribution >= 0.6 is 0 Å². The fourth-order valence-corrected chi connectivity index (χ4v) is 3.16. The Morgan fingerprint density at radius 3 is 2.85 bits per heavy atom. The van der Waals surface area contributed by atoms with Crippen molar-refractivity contribution in [2.75, 3.05) is 13.7 Å². The van der Waals surface area contributed by atoms with Crippen LogP contribution in [0.15, 0.2) is 18.2 Å². The number of ether oxygens (including phenoxy) is 1. The highest BCUT2D eigenvalue weighted by molar-refractivity contribution is 5.30. The largest absolute Gasteiger partial charge is 0.494 e. The number of halogens is 1. The molecule has 0 aliphatic heterocycles. The van der Waals surface area contributed by atoms with Crippen LogP contribution in [-0.2, 0) is 0 Å². The molecule has 112 valence electrons. The van der Waals surface area contributed by atoms with Gasteiger partial charge in [0.2, 0.25) is 0 Å². The lowest BCUT2D eigenvalue weighted by Crippen LogP contribution is -2.28. The molecule has 20 heavy (non-hydrogen) atoms. The van der Waals surface area contributed by atoms with Gasteiger partial charge < -0.3 is 10.1 Å². The van der Waals surface area contributed by atoms with Gasteiger partial charge in [0.25, 0.3) is 0 Å². The summed E-state index contributed by atoms with van der Waals surface area (Å²) in [4.78, 5) is 0. The molecule has 1 aromatic carbocycles. The smallest absolute Gasteiger partial charge is 0.165 e. The van der Waals surface area contributed by atoms with E-state index in [1.54, 1.807) is 12.1 Å². The Balaban J connectivity index is 1.88. The van der Waals surface area contributed by atoms with E-state index in [-0.39, 0.29) is 11.9 Å². The highest BCUT2D eigenvalue weighted by atomic mass is 19.1. The Bertz CT molecular complexity index is 435. The molecular weight excluding hydrogens is 253 g/mol. The van der Waals surface area contributed by atoms with Gasteiger partial charge in [-0.25, -0.2) is 4.39 Å². The Kier molecular flexibility index (Phi) is 5.41. The first-order valence-corrected chi connectivity index (χ1v) is 7.67. The Labute approximate surface area is 121 Å². The van der Waals surface area contributed by atoms with Crippen molar-refractivity contribution in [3.05, 3.63) is 29.6 Å². The molecule has 0 bridgehead atoms. The second-order valence-corrected chi connectivity index (χ2v) is 6.16. The lowest BCUT2D eigenvalue weighted by atomic mass is 9.82. The normalized spacial score (nSPS) is 24.4. The molecule has 3 heteroatoms. The fourth-order valence-electron chi connectivity index (χ4n) is 3.16. The van der Waals surface area contributed by atoms with Gasteiger partial charge in [-0.2, -0.15) is 0 Å². The van der Waals surface area contributed by atoms with Gasteiger partial charge in [-0.3, -0.25) is 0 Å². The molecule has 1 fully saturated rings. The van der Waals surface area contributed by atoms with Crippen molar-refractivity contribution in [2.45, 2.75) is 45.6 Å². The SMILES string of the molecule is COc1ccc(C(C)NCC2CCCC(C)C2)cc1F. The van der Waals surface area contributed by atoms with Crippen molar-refractivity contribution < 1.29 is 9.13 Å². The summed E-state index contributed by atoms with van der Waals surface area (Å²) < 4.78 is 18.7. The zero-order valence-corrected chi connectivity index (χ0v) is 12.8. The molecule has 1 aliphatic carbocycles. The van der Waals surface area contributed by atoms with Crippen LogP contribution in [0.1, 0.15) is 51.1 Å². The first-order chi connectivity index (χ1) is 9.60. The molecule has 0 spiro atoms. The van der Waals surface area contributed by atoms with Crippen LogP contribution in [0.3, 0.4) is 0 Å². The minimum absolute atomic E-state index is 0.174. The summed E-state index contributed by atoms with van der Waals surface area (Å²) >= 11 is 0. The van der Waals surface area contributed by atoms with E-state index in [4.69, 9.17) is 4.74 Å². The molecule has 1 N–H and O–H groups in total. The van der Waals surface area contributed by atoms with Crippen LogP contribution in [0, 0.1) is 17.7 Å². The number of hydrogen-bond acceptors (Lipinski definition) is 2. The zero-order chi connectivity index (χ0) is 14.5. The summed E-state index contributed by atoms with van der Waals surface area (Å²) in [6.07, 6.45) is 5.35. The first-order valence-electron chi connectivity index (χ1n) is 7.67. The third-order valence-electron chi connectivity index (χ3n) is 4.43. The van der Waals surface area contributed by atoms with Gasteiger partial charge in [0.05, 0.1) is 7.11 Å². The molecule has 0 aromatic heterocycles. The molecule has 2 nitrogen and oxygen atoms in total. The summed E-state index contributed by atoms with van der Waals surface area (Å²) in [5.74, 6) is 1.64. The summed E-state index contributed by atoms with van der Waals surface area (Å²) in [5.41, 5.74) is 0.979. The maximum Gasteiger partial charge on any atom is 0.165 e. The van der Waals surface area contributed by atoms with Crippen LogP contribution in [0.4, 0.5) is 4.39 Å². The molecule has 0 saturated heterocycles. The van der Waals surface area contributed by atoms with Crippen LogP contribution in [-0.4, -0.2) is 13.7 Å². The molecule has 1 saturated carbocycles. The second-order valence-electron chi connectivity index (χ2n) is 6.16. The van der Waals surface area contributed by atoms with Gasteiger partial charge in [0.1, 0.15) is 0 Å². The van der Waals surface area contributed by atoms with Crippen LogP contribution < -0.4 is 10.1 Å². The topological polar surface area (TPSA) is 21.3 Å². The van der Waals surface area contributed by atoms with Crippen molar-refractivity contribution in [1.29, 1.82) is 0 Å². The summed E-state index contributed by atoms with van der Waals surface area (Å²) in [5, 5.41) is 3.55. The summed E-state index contributed by atoms with van der Waals surface area (Å²) in [6, 6.07) is 5.38. The van der Waals surface area contributed by atoms with Gasteiger partial charge in [-0.1, -0.05) is 25.8 Å². The maximum absolute atomic E-state index is 13.7.